The number of primary amides is 1. The van der Waals surface area contributed by atoms with E-state index in [0.717, 1.165) is 6.54 Å². The van der Waals surface area contributed by atoms with Crippen LogP contribution in [0.3, 0.4) is 0 Å². The van der Waals surface area contributed by atoms with E-state index in [4.69, 9.17) is 5.73 Å². The molecule has 168 valence electrons. The van der Waals surface area contributed by atoms with E-state index in [-0.39, 0.29) is 11.3 Å². The molecular weight excluding hydrogens is 390 g/mol. The molecule has 0 aliphatic heterocycles. The van der Waals surface area contributed by atoms with Gasteiger partial charge in [0.15, 0.2) is 0 Å². The van der Waals surface area contributed by atoms with E-state index >= 15 is 0 Å². The van der Waals surface area contributed by atoms with Gasteiger partial charge in [0, 0.05) is 31.9 Å². The van der Waals surface area contributed by atoms with Gasteiger partial charge in [0.25, 0.3) is 5.91 Å². The van der Waals surface area contributed by atoms with Crippen molar-refractivity contribution in [2.45, 2.75) is 44.8 Å². The van der Waals surface area contributed by atoms with Crippen molar-refractivity contribution in [2.75, 3.05) is 25.0 Å². The maximum absolute atomic E-state index is 11.4. The Morgan fingerprint density at radius 2 is 1.84 bits per heavy atom. The molecule has 2 aromatic rings. The Morgan fingerprint density at radius 1 is 1.16 bits per heavy atom. The zero-order valence-corrected chi connectivity index (χ0v) is 18.5. The SMILES string of the molecule is CC(NCC(O)c1ccc(O)c(C(N)=O)c1)C1CCC(CN(C)c2ccccc2)CC1. The highest BCUT2D eigenvalue weighted by Gasteiger charge is 2.26. The lowest BCUT2D eigenvalue weighted by Crippen LogP contribution is -2.39. The fourth-order valence-electron chi connectivity index (χ4n) is 4.59. The molecule has 1 amide bonds. The number of aliphatic hydroxyl groups is 1. The van der Waals surface area contributed by atoms with Crippen LogP contribution in [0.2, 0.25) is 0 Å². The standard InChI is InChI=1S/C25H35N3O3/c1-17(27-15-24(30)20-12-13-23(29)22(14-20)25(26)31)19-10-8-18(9-11-19)16-28(2)21-6-4-3-5-7-21/h3-7,12-14,17-19,24,27,29-30H,8-11,15-16H2,1-2H3,(H2,26,31). The van der Waals surface area contributed by atoms with Crippen molar-refractivity contribution in [3.8, 4) is 5.75 Å². The summed E-state index contributed by atoms with van der Waals surface area (Å²) in [5.41, 5.74) is 7.14. The Labute approximate surface area is 185 Å². The zero-order valence-electron chi connectivity index (χ0n) is 18.5. The van der Waals surface area contributed by atoms with Gasteiger partial charge in [0.05, 0.1) is 11.7 Å². The average Bonchev–Trinajstić information content (AvgIpc) is 2.78. The van der Waals surface area contributed by atoms with Crippen LogP contribution in [0.5, 0.6) is 5.75 Å². The predicted molar refractivity (Wildman–Crippen MR) is 124 cm³/mol. The van der Waals surface area contributed by atoms with E-state index in [1.807, 2.05) is 6.07 Å². The smallest absolute Gasteiger partial charge is 0.252 e. The number of phenols is 1. The Balaban J connectivity index is 1.44. The van der Waals surface area contributed by atoms with Gasteiger partial charge >= 0.3 is 0 Å². The normalized spacial score (nSPS) is 20.7. The van der Waals surface area contributed by atoms with E-state index in [9.17, 15) is 15.0 Å². The van der Waals surface area contributed by atoms with Crippen LogP contribution >= 0.6 is 0 Å². The van der Waals surface area contributed by atoms with Gasteiger partial charge in [-0.25, -0.2) is 0 Å². The summed E-state index contributed by atoms with van der Waals surface area (Å²) in [5, 5.41) is 23.7. The molecular formula is C25H35N3O3. The van der Waals surface area contributed by atoms with Gasteiger partial charge in [0.2, 0.25) is 0 Å². The minimum absolute atomic E-state index is 0.0309. The van der Waals surface area contributed by atoms with Crippen LogP contribution in [0, 0.1) is 11.8 Å². The lowest BCUT2D eigenvalue weighted by Gasteiger charge is -2.35. The van der Waals surface area contributed by atoms with Crippen LogP contribution in [-0.2, 0) is 0 Å². The van der Waals surface area contributed by atoms with E-state index in [1.54, 1.807) is 6.07 Å². The monoisotopic (exact) mass is 425 g/mol. The van der Waals surface area contributed by atoms with Crippen molar-refractivity contribution in [2.24, 2.45) is 17.6 Å². The number of amides is 1. The summed E-state index contributed by atoms with van der Waals surface area (Å²) in [6.45, 7) is 3.65. The lowest BCUT2D eigenvalue weighted by molar-refractivity contribution is 0.0997. The summed E-state index contributed by atoms with van der Waals surface area (Å²) < 4.78 is 0. The summed E-state index contributed by atoms with van der Waals surface area (Å²) >= 11 is 0. The average molecular weight is 426 g/mol. The molecule has 3 rings (SSSR count). The number of nitrogens with zero attached hydrogens (tertiary/aromatic N) is 1. The van der Waals surface area contributed by atoms with E-state index in [0.29, 0.717) is 30.0 Å². The third kappa shape index (κ3) is 6.21. The zero-order chi connectivity index (χ0) is 22.4. The summed E-state index contributed by atoms with van der Waals surface area (Å²) in [4.78, 5) is 13.8. The minimum atomic E-state index is -0.767. The number of carbonyl (C=O) groups is 1. The summed E-state index contributed by atoms with van der Waals surface area (Å²) in [6.07, 6.45) is 4.04. The minimum Gasteiger partial charge on any atom is -0.507 e. The number of nitrogens with one attached hydrogen (secondary N) is 1. The second-order valence-electron chi connectivity index (χ2n) is 8.85. The molecule has 0 aromatic heterocycles. The molecule has 2 atom stereocenters. The molecule has 1 fully saturated rings. The number of carbonyl (C=O) groups excluding carboxylic acids is 1. The maximum atomic E-state index is 11.4. The van der Waals surface area contributed by atoms with Gasteiger partial charge in [-0.1, -0.05) is 24.3 Å². The van der Waals surface area contributed by atoms with Gasteiger partial charge in [-0.3, -0.25) is 4.79 Å². The number of para-hydroxylation sites is 1. The molecule has 0 radical (unpaired) electrons. The topological polar surface area (TPSA) is 98.8 Å². The molecule has 0 heterocycles. The van der Waals surface area contributed by atoms with E-state index in [1.165, 1.54) is 43.5 Å². The number of benzene rings is 2. The van der Waals surface area contributed by atoms with Gasteiger partial charge in [-0.15, -0.1) is 0 Å². The Kier molecular flexibility index (Phi) is 7.93. The molecule has 6 nitrogen and oxygen atoms in total. The fourth-order valence-corrected chi connectivity index (χ4v) is 4.59. The highest BCUT2D eigenvalue weighted by molar-refractivity contribution is 5.95. The third-order valence-electron chi connectivity index (χ3n) is 6.63. The number of hydrogen-bond acceptors (Lipinski definition) is 5. The second-order valence-corrected chi connectivity index (χ2v) is 8.85. The fraction of sp³-hybridized carbons (Fsp3) is 0.480. The highest BCUT2D eigenvalue weighted by Crippen LogP contribution is 2.32. The Morgan fingerprint density at radius 3 is 2.48 bits per heavy atom. The molecule has 5 N–H and O–H groups in total. The van der Waals surface area contributed by atoms with Crippen LogP contribution in [-0.4, -0.2) is 42.3 Å². The molecule has 6 heteroatoms. The second kappa shape index (κ2) is 10.6. The number of aromatic hydroxyl groups is 1. The molecule has 31 heavy (non-hydrogen) atoms. The highest BCUT2D eigenvalue weighted by atomic mass is 16.3. The van der Waals surface area contributed by atoms with Gasteiger partial charge in [0.1, 0.15) is 5.75 Å². The van der Waals surface area contributed by atoms with Crippen molar-refractivity contribution >= 4 is 11.6 Å². The van der Waals surface area contributed by atoms with Gasteiger partial charge in [-0.05, 0) is 74.3 Å². The molecule has 1 saturated carbocycles. The van der Waals surface area contributed by atoms with Crippen LogP contribution in [0.1, 0.15) is 54.6 Å². The molecule has 0 spiro atoms. The number of hydrogen-bond donors (Lipinski definition) is 4. The molecule has 2 aromatic carbocycles. The first-order valence-corrected chi connectivity index (χ1v) is 11.2. The third-order valence-corrected chi connectivity index (χ3v) is 6.63. The van der Waals surface area contributed by atoms with E-state index in [2.05, 4.69) is 48.5 Å². The first kappa shape index (κ1) is 23.1. The molecule has 0 saturated heterocycles. The van der Waals surface area contributed by atoms with E-state index < -0.39 is 12.0 Å². The Bertz CT molecular complexity index is 850. The first-order valence-electron chi connectivity index (χ1n) is 11.2. The number of aliphatic hydroxyl groups excluding tert-OH is 1. The van der Waals surface area contributed by atoms with Crippen molar-refractivity contribution in [1.29, 1.82) is 0 Å². The Hall–Kier alpha value is -2.57. The summed E-state index contributed by atoms with van der Waals surface area (Å²) in [6, 6.07) is 15.3. The van der Waals surface area contributed by atoms with Crippen LogP contribution in [0.15, 0.2) is 48.5 Å². The number of anilines is 1. The maximum Gasteiger partial charge on any atom is 0.252 e. The largest absolute Gasteiger partial charge is 0.507 e. The first-order chi connectivity index (χ1) is 14.8. The number of nitrogens with two attached hydrogens (primary N) is 1. The molecule has 0 bridgehead atoms. The number of rotatable bonds is 9. The van der Waals surface area contributed by atoms with Crippen LogP contribution in [0.25, 0.3) is 0 Å². The van der Waals surface area contributed by atoms with Gasteiger partial charge < -0.3 is 26.2 Å². The lowest BCUT2D eigenvalue weighted by atomic mass is 9.78. The van der Waals surface area contributed by atoms with Crippen molar-refractivity contribution in [3.05, 3.63) is 59.7 Å². The molecule has 2 unspecified atom stereocenters. The predicted octanol–water partition coefficient (Wildman–Crippen LogP) is 3.45. The summed E-state index contributed by atoms with van der Waals surface area (Å²) in [5.74, 6) is 0.428. The molecule has 1 aliphatic carbocycles. The van der Waals surface area contributed by atoms with Crippen LogP contribution < -0.4 is 16.0 Å². The van der Waals surface area contributed by atoms with Crippen molar-refractivity contribution in [3.63, 3.8) is 0 Å². The molecule has 1 aliphatic rings. The van der Waals surface area contributed by atoms with Crippen molar-refractivity contribution in [1.82, 2.24) is 5.32 Å². The van der Waals surface area contributed by atoms with Crippen molar-refractivity contribution < 1.29 is 15.0 Å². The van der Waals surface area contributed by atoms with Crippen LogP contribution in [0.4, 0.5) is 5.69 Å². The van der Waals surface area contributed by atoms with Gasteiger partial charge in [-0.2, -0.15) is 0 Å². The summed E-state index contributed by atoms with van der Waals surface area (Å²) in [7, 11) is 2.17. The quantitative estimate of drug-likeness (QED) is 0.493.